The number of nitrogens with two attached hydrogens (primary N) is 1. The smallest absolute Gasteiger partial charge is 0.165 e. The molecule has 0 radical (unpaired) electrons. The van der Waals surface area contributed by atoms with E-state index >= 15 is 0 Å². The number of para-hydroxylation sites is 1. The minimum Gasteiger partial charge on any atom is -0.453 e. The second-order valence-corrected chi connectivity index (χ2v) is 4.31. The molecule has 0 unspecified atom stereocenters. The number of hydrogen-bond acceptors (Lipinski definition) is 3. The first kappa shape index (κ1) is 12.6. The molecule has 0 bridgehead atoms. The summed E-state index contributed by atoms with van der Waals surface area (Å²) >= 11 is 0. The van der Waals surface area contributed by atoms with Gasteiger partial charge in [0.15, 0.2) is 5.75 Å². The fourth-order valence-corrected chi connectivity index (χ4v) is 1.89. The molecule has 0 fully saturated rings. The van der Waals surface area contributed by atoms with Crippen LogP contribution in [0.5, 0.6) is 11.5 Å². The molecular weight excluding hydrogens is 226 g/mol. The molecule has 1 aromatic heterocycles. The Labute approximate surface area is 107 Å². The number of rotatable bonds is 5. The number of aromatic nitrogens is 2. The van der Waals surface area contributed by atoms with Crippen LogP contribution in [-0.2, 0) is 13.1 Å². The van der Waals surface area contributed by atoms with Crippen molar-refractivity contribution in [1.29, 1.82) is 0 Å². The van der Waals surface area contributed by atoms with Crippen molar-refractivity contribution >= 4 is 0 Å². The van der Waals surface area contributed by atoms with Crippen LogP contribution < -0.4 is 10.5 Å². The third-order valence-corrected chi connectivity index (χ3v) is 2.80. The van der Waals surface area contributed by atoms with Crippen LogP contribution in [0.15, 0.2) is 30.6 Å². The van der Waals surface area contributed by atoms with Crippen molar-refractivity contribution in [3.63, 3.8) is 0 Å². The molecule has 0 saturated carbocycles. The molecule has 0 aliphatic rings. The van der Waals surface area contributed by atoms with Crippen molar-refractivity contribution in [2.75, 3.05) is 0 Å². The first-order valence-corrected chi connectivity index (χ1v) is 6.23. The van der Waals surface area contributed by atoms with Gasteiger partial charge in [-0.1, -0.05) is 25.1 Å². The average molecular weight is 245 g/mol. The van der Waals surface area contributed by atoms with Crippen LogP contribution in [0.1, 0.15) is 24.5 Å². The van der Waals surface area contributed by atoms with Crippen molar-refractivity contribution in [3.05, 3.63) is 41.7 Å². The molecule has 0 saturated heterocycles. The first-order valence-electron chi connectivity index (χ1n) is 6.23. The van der Waals surface area contributed by atoms with Gasteiger partial charge < -0.3 is 10.5 Å². The summed E-state index contributed by atoms with van der Waals surface area (Å²) in [4.78, 5) is 0. The Morgan fingerprint density at radius 3 is 2.94 bits per heavy atom. The van der Waals surface area contributed by atoms with Crippen molar-refractivity contribution in [2.45, 2.75) is 33.4 Å². The molecular formula is C14H19N3O. The van der Waals surface area contributed by atoms with Crippen molar-refractivity contribution in [2.24, 2.45) is 5.73 Å². The van der Waals surface area contributed by atoms with Crippen molar-refractivity contribution < 1.29 is 4.74 Å². The maximum absolute atomic E-state index is 5.89. The molecule has 0 aliphatic carbocycles. The summed E-state index contributed by atoms with van der Waals surface area (Å²) in [5, 5.41) is 4.25. The highest BCUT2D eigenvalue weighted by molar-refractivity contribution is 5.43. The second-order valence-electron chi connectivity index (χ2n) is 4.31. The van der Waals surface area contributed by atoms with Crippen LogP contribution in [0.3, 0.4) is 0 Å². The van der Waals surface area contributed by atoms with Crippen LogP contribution in [0.4, 0.5) is 0 Å². The van der Waals surface area contributed by atoms with E-state index in [0.717, 1.165) is 35.6 Å². The molecule has 0 spiro atoms. The number of aryl methyl sites for hydroxylation is 2. The Morgan fingerprint density at radius 1 is 1.39 bits per heavy atom. The SMILES string of the molecule is CCCn1cc(Oc2c(C)cccc2CN)cn1. The van der Waals surface area contributed by atoms with E-state index in [1.807, 2.05) is 36.0 Å². The fourth-order valence-electron chi connectivity index (χ4n) is 1.89. The molecule has 2 rings (SSSR count). The molecule has 4 heteroatoms. The highest BCUT2D eigenvalue weighted by Crippen LogP contribution is 2.28. The van der Waals surface area contributed by atoms with Crippen molar-refractivity contribution in [1.82, 2.24) is 9.78 Å². The van der Waals surface area contributed by atoms with Crippen LogP contribution in [0.2, 0.25) is 0 Å². The fraction of sp³-hybridized carbons (Fsp3) is 0.357. The van der Waals surface area contributed by atoms with Crippen LogP contribution in [0.25, 0.3) is 0 Å². The molecule has 2 N–H and O–H groups in total. The molecule has 18 heavy (non-hydrogen) atoms. The van der Waals surface area contributed by atoms with Gasteiger partial charge in [-0.05, 0) is 18.9 Å². The summed E-state index contributed by atoms with van der Waals surface area (Å²) < 4.78 is 7.78. The Balaban J connectivity index is 2.22. The van der Waals surface area contributed by atoms with Gasteiger partial charge in [0.25, 0.3) is 0 Å². The van der Waals surface area contributed by atoms with Gasteiger partial charge in [0.2, 0.25) is 0 Å². The molecule has 1 aromatic carbocycles. The van der Waals surface area contributed by atoms with Gasteiger partial charge in [-0.2, -0.15) is 5.10 Å². The van der Waals surface area contributed by atoms with Crippen LogP contribution in [0, 0.1) is 6.92 Å². The van der Waals surface area contributed by atoms with E-state index in [4.69, 9.17) is 10.5 Å². The summed E-state index contributed by atoms with van der Waals surface area (Å²) in [6.45, 7) is 5.52. The largest absolute Gasteiger partial charge is 0.453 e. The van der Waals surface area contributed by atoms with E-state index in [9.17, 15) is 0 Å². The van der Waals surface area contributed by atoms with Crippen molar-refractivity contribution in [3.8, 4) is 11.5 Å². The summed E-state index contributed by atoms with van der Waals surface area (Å²) in [6.07, 6.45) is 4.71. The third-order valence-electron chi connectivity index (χ3n) is 2.80. The number of ether oxygens (including phenoxy) is 1. The number of nitrogens with zero attached hydrogens (tertiary/aromatic N) is 2. The van der Waals surface area contributed by atoms with E-state index in [2.05, 4.69) is 12.0 Å². The van der Waals surface area contributed by atoms with Gasteiger partial charge in [0, 0.05) is 18.7 Å². The zero-order chi connectivity index (χ0) is 13.0. The lowest BCUT2D eigenvalue weighted by atomic mass is 10.1. The summed E-state index contributed by atoms with van der Waals surface area (Å²) in [5.74, 6) is 1.60. The van der Waals surface area contributed by atoms with Crippen LogP contribution >= 0.6 is 0 Å². The highest BCUT2D eigenvalue weighted by atomic mass is 16.5. The minimum absolute atomic E-state index is 0.472. The maximum atomic E-state index is 5.89. The maximum Gasteiger partial charge on any atom is 0.165 e. The van der Waals surface area contributed by atoms with E-state index in [0.29, 0.717) is 6.54 Å². The molecule has 0 aliphatic heterocycles. The normalized spacial score (nSPS) is 10.6. The Hall–Kier alpha value is -1.81. The standard InChI is InChI=1S/C14H19N3O/c1-3-7-17-10-13(9-16-17)18-14-11(2)5-4-6-12(14)8-15/h4-6,9-10H,3,7-8,15H2,1-2H3. The minimum atomic E-state index is 0.472. The third kappa shape index (κ3) is 2.71. The molecule has 0 amide bonds. The predicted molar refractivity (Wildman–Crippen MR) is 71.7 cm³/mol. The zero-order valence-electron chi connectivity index (χ0n) is 10.9. The average Bonchev–Trinajstić information content (AvgIpc) is 2.80. The van der Waals surface area contributed by atoms with E-state index in [-0.39, 0.29) is 0 Å². The topological polar surface area (TPSA) is 53.1 Å². The van der Waals surface area contributed by atoms with Gasteiger partial charge in [-0.15, -0.1) is 0 Å². The quantitative estimate of drug-likeness (QED) is 0.881. The Bertz CT molecular complexity index is 520. The van der Waals surface area contributed by atoms with E-state index in [1.165, 1.54) is 0 Å². The van der Waals surface area contributed by atoms with Gasteiger partial charge in [-0.3, -0.25) is 4.68 Å². The molecule has 0 atom stereocenters. The van der Waals surface area contributed by atoms with Gasteiger partial charge in [0.05, 0.1) is 12.4 Å². The lowest BCUT2D eigenvalue weighted by molar-refractivity contribution is 0.471. The lowest BCUT2D eigenvalue weighted by Gasteiger charge is -2.11. The molecule has 1 heterocycles. The highest BCUT2D eigenvalue weighted by Gasteiger charge is 2.08. The number of hydrogen-bond donors (Lipinski definition) is 1. The molecule has 4 nitrogen and oxygen atoms in total. The number of benzene rings is 1. The second kappa shape index (κ2) is 5.69. The molecule has 96 valence electrons. The Kier molecular flexibility index (Phi) is 3.99. The predicted octanol–water partition coefficient (Wildman–Crippen LogP) is 2.85. The lowest BCUT2D eigenvalue weighted by Crippen LogP contribution is -2.00. The summed E-state index contributed by atoms with van der Waals surface area (Å²) in [6, 6.07) is 5.99. The van der Waals surface area contributed by atoms with Gasteiger partial charge in [0.1, 0.15) is 5.75 Å². The van der Waals surface area contributed by atoms with Crippen LogP contribution in [-0.4, -0.2) is 9.78 Å². The Morgan fingerprint density at radius 2 is 2.22 bits per heavy atom. The summed E-state index contributed by atoms with van der Waals surface area (Å²) in [7, 11) is 0. The zero-order valence-corrected chi connectivity index (χ0v) is 10.9. The van der Waals surface area contributed by atoms with Gasteiger partial charge in [-0.25, -0.2) is 0 Å². The van der Waals surface area contributed by atoms with E-state index in [1.54, 1.807) is 6.20 Å². The first-order chi connectivity index (χ1) is 8.74. The van der Waals surface area contributed by atoms with E-state index < -0.39 is 0 Å². The monoisotopic (exact) mass is 245 g/mol. The summed E-state index contributed by atoms with van der Waals surface area (Å²) in [5.41, 5.74) is 7.82. The van der Waals surface area contributed by atoms with Gasteiger partial charge >= 0.3 is 0 Å². The molecule has 2 aromatic rings.